The van der Waals surface area contributed by atoms with Gasteiger partial charge in [0.25, 0.3) is 0 Å². The average Bonchev–Trinajstić information content (AvgIpc) is 2.01. The number of aromatic nitrogens is 1. The molecule has 0 radical (unpaired) electrons. The van der Waals surface area contributed by atoms with Gasteiger partial charge in [0.15, 0.2) is 5.75 Å². The SMILES string of the molecule is Cc1cc(OC(F)(F)F)c(C#N)cn1. The summed E-state index contributed by atoms with van der Waals surface area (Å²) >= 11 is 0. The summed E-state index contributed by atoms with van der Waals surface area (Å²) in [7, 11) is 0. The third-order valence-corrected chi connectivity index (χ3v) is 1.35. The van der Waals surface area contributed by atoms with Crippen LogP contribution in [0.1, 0.15) is 11.3 Å². The Balaban J connectivity index is 3.07. The maximum absolute atomic E-state index is 11.8. The molecule has 0 N–H and O–H groups in total. The number of nitrogens with zero attached hydrogens (tertiary/aromatic N) is 2. The molecule has 14 heavy (non-hydrogen) atoms. The fourth-order valence-electron chi connectivity index (χ4n) is 0.828. The molecule has 0 spiro atoms. The van der Waals surface area contributed by atoms with Gasteiger partial charge in [-0.3, -0.25) is 4.98 Å². The molecule has 0 saturated carbocycles. The molecule has 0 unspecified atom stereocenters. The number of rotatable bonds is 1. The lowest BCUT2D eigenvalue weighted by Gasteiger charge is -2.09. The first kappa shape index (κ1) is 10.3. The van der Waals surface area contributed by atoms with Gasteiger partial charge in [-0.15, -0.1) is 13.2 Å². The van der Waals surface area contributed by atoms with Crippen LogP contribution in [0.5, 0.6) is 5.75 Å². The molecule has 3 nitrogen and oxygen atoms in total. The summed E-state index contributed by atoms with van der Waals surface area (Å²) in [5, 5.41) is 8.47. The molecule has 1 aromatic heterocycles. The Bertz CT molecular complexity index is 381. The molecule has 0 aromatic carbocycles. The van der Waals surface area contributed by atoms with Gasteiger partial charge in [0.2, 0.25) is 0 Å². The van der Waals surface area contributed by atoms with Crippen molar-refractivity contribution in [3.05, 3.63) is 23.5 Å². The second-order valence-corrected chi connectivity index (χ2v) is 2.48. The van der Waals surface area contributed by atoms with Crippen molar-refractivity contribution in [2.45, 2.75) is 13.3 Å². The van der Waals surface area contributed by atoms with Crippen molar-refractivity contribution in [1.82, 2.24) is 4.98 Å². The summed E-state index contributed by atoms with van der Waals surface area (Å²) in [6.45, 7) is 1.50. The van der Waals surface area contributed by atoms with Crippen LogP contribution in [-0.2, 0) is 0 Å². The van der Waals surface area contributed by atoms with Gasteiger partial charge >= 0.3 is 6.36 Å². The fraction of sp³-hybridized carbons (Fsp3) is 0.250. The van der Waals surface area contributed by atoms with Crippen LogP contribution in [0.2, 0.25) is 0 Å². The lowest BCUT2D eigenvalue weighted by molar-refractivity contribution is -0.274. The molecule has 1 rings (SSSR count). The van der Waals surface area contributed by atoms with Crippen LogP contribution in [0.25, 0.3) is 0 Å². The standard InChI is InChI=1S/C8H5F3N2O/c1-5-2-7(14-8(9,10)11)6(3-12)4-13-5/h2,4H,1H3. The molecule has 0 saturated heterocycles. The molecule has 0 fully saturated rings. The smallest absolute Gasteiger partial charge is 0.404 e. The zero-order valence-corrected chi connectivity index (χ0v) is 7.09. The fourth-order valence-corrected chi connectivity index (χ4v) is 0.828. The Morgan fingerprint density at radius 2 is 2.14 bits per heavy atom. The first-order valence-electron chi connectivity index (χ1n) is 3.55. The van der Waals surface area contributed by atoms with E-state index in [4.69, 9.17) is 5.26 Å². The Labute approximate surface area is 77.7 Å². The molecular weight excluding hydrogens is 197 g/mol. The van der Waals surface area contributed by atoms with E-state index in [0.717, 1.165) is 12.3 Å². The lowest BCUT2D eigenvalue weighted by atomic mass is 10.2. The quantitative estimate of drug-likeness (QED) is 0.700. The van der Waals surface area contributed by atoms with Crippen molar-refractivity contribution in [3.63, 3.8) is 0 Å². The normalized spacial score (nSPS) is 10.8. The van der Waals surface area contributed by atoms with Crippen molar-refractivity contribution in [2.75, 3.05) is 0 Å². The summed E-state index contributed by atoms with van der Waals surface area (Å²) in [5.74, 6) is -0.521. The van der Waals surface area contributed by atoms with E-state index in [1.54, 1.807) is 6.07 Å². The van der Waals surface area contributed by atoms with Gasteiger partial charge in [0, 0.05) is 18.0 Å². The van der Waals surface area contributed by atoms with Crippen LogP contribution < -0.4 is 4.74 Å². The number of pyridine rings is 1. The highest BCUT2D eigenvalue weighted by atomic mass is 19.4. The minimum atomic E-state index is -4.79. The van der Waals surface area contributed by atoms with Gasteiger partial charge in [-0.25, -0.2) is 0 Å². The topological polar surface area (TPSA) is 45.9 Å². The van der Waals surface area contributed by atoms with Crippen LogP contribution in [0.3, 0.4) is 0 Å². The van der Waals surface area contributed by atoms with E-state index in [-0.39, 0.29) is 5.56 Å². The number of alkyl halides is 3. The molecule has 1 heterocycles. The molecular formula is C8H5F3N2O. The first-order chi connectivity index (χ1) is 6.42. The van der Waals surface area contributed by atoms with Crippen LogP contribution in [-0.4, -0.2) is 11.3 Å². The maximum Gasteiger partial charge on any atom is 0.573 e. The summed E-state index contributed by atoms with van der Waals surface area (Å²) in [5.41, 5.74) is 0.108. The van der Waals surface area contributed by atoms with Crippen LogP contribution in [0, 0.1) is 18.3 Å². The van der Waals surface area contributed by atoms with Crippen molar-refractivity contribution >= 4 is 0 Å². The van der Waals surface area contributed by atoms with E-state index in [0.29, 0.717) is 5.69 Å². The van der Waals surface area contributed by atoms with E-state index in [9.17, 15) is 13.2 Å². The summed E-state index contributed by atoms with van der Waals surface area (Å²) in [6.07, 6.45) is -3.75. The highest BCUT2D eigenvalue weighted by Crippen LogP contribution is 2.25. The van der Waals surface area contributed by atoms with Gasteiger partial charge in [-0.1, -0.05) is 0 Å². The second kappa shape index (κ2) is 3.54. The molecule has 0 bridgehead atoms. The monoisotopic (exact) mass is 202 g/mol. The summed E-state index contributed by atoms with van der Waals surface area (Å²) in [6, 6.07) is 2.62. The van der Waals surface area contributed by atoms with Crippen LogP contribution in [0.4, 0.5) is 13.2 Å². The number of aryl methyl sites for hydroxylation is 1. The number of ether oxygens (including phenoxy) is 1. The molecule has 0 aliphatic rings. The van der Waals surface area contributed by atoms with Gasteiger partial charge in [-0.2, -0.15) is 5.26 Å². The van der Waals surface area contributed by atoms with Crippen molar-refractivity contribution < 1.29 is 17.9 Å². The summed E-state index contributed by atoms with van der Waals surface area (Å²) < 4.78 is 39.2. The third kappa shape index (κ3) is 2.62. The largest absolute Gasteiger partial charge is 0.573 e. The highest BCUT2D eigenvalue weighted by molar-refractivity contribution is 5.41. The summed E-state index contributed by atoms with van der Waals surface area (Å²) in [4.78, 5) is 3.67. The predicted octanol–water partition coefficient (Wildman–Crippen LogP) is 2.16. The Morgan fingerprint density at radius 1 is 1.50 bits per heavy atom. The Kier molecular flexibility index (Phi) is 2.60. The van der Waals surface area contributed by atoms with E-state index in [1.165, 1.54) is 6.92 Å². The number of nitriles is 1. The minimum absolute atomic E-state index is 0.243. The van der Waals surface area contributed by atoms with Crippen molar-refractivity contribution in [2.24, 2.45) is 0 Å². The van der Waals surface area contributed by atoms with E-state index >= 15 is 0 Å². The molecule has 0 aliphatic heterocycles. The zero-order chi connectivity index (χ0) is 10.8. The predicted molar refractivity (Wildman–Crippen MR) is 40.4 cm³/mol. The molecule has 74 valence electrons. The molecule has 1 aromatic rings. The van der Waals surface area contributed by atoms with Crippen LogP contribution in [0.15, 0.2) is 12.3 Å². The maximum atomic E-state index is 11.8. The van der Waals surface area contributed by atoms with E-state index < -0.39 is 12.1 Å². The van der Waals surface area contributed by atoms with Gasteiger partial charge in [0.05, 0.1) is 0 Å². The Hall–Kier alpha value is -1.77. The van der Waals surface area contributed by atoms with E-state index in [1.807, 2.05) is 0 Å². The Morgan fingerprint density at radius 3 is 2.64 bits per heavy atom. The van der Waals surface area contributed by atoms with Gasteiger partial charge < -0.3 is 4.74 Å². The number of halogens is 3. The van der Waals surface area contributed by atoms with Crippen molar-refractivity contribution in [3.8, 4) is 11.8 Å². The van der Waals surface area contributed by atoms with Crippen LogP contribution >= 0.6 is 0 Å². The van der Waals surface area contributed by atoms with Gasteiger partial charge in [0.1, 0.15) is 11.6 Å². The van der Waals surface area contributed by atoms with Crippen molar-refractivity contribution in [1.29, 1.82) is 5.26 Å². The third-order valence-electron chi connectivity index (χ3n) is 1.35. The second-order valence-electron chi connectivity index (χ2n) is 2.48. The van der Waals surface area contributed by atoms with E-state index in [2.05, 4.69) is 9.72 Å². The first-order valence-corrected chi connectivity index (χ1v) is 3.55. The van der Waals surface area contributed by atoms with Gasteiger partial charge in [-0.05, 0) is 6.92 Å². The lowest BCUT2D eigenvalue weighted by Crippen LogP contribution is -2.18. The molecule has 6 heteroatoms. The molecule has 0 atom stereocenters. The number of hydrogen-bond donors (Lipinski definition) is 0. The highest BCUT2D eigenvalue weighted by Gasteiger charge is 2.32. The minimum Gasteiger partial charge on any atom is -0.404 e. The number of hydrogen-bond acceptors (Lipinski definition) is 3. The average molecular weight is 202 g/mol. The molecule has 0 aliphatic carbocycles. The zero-order valence-electron chi connectivity index (χ0n) is 7.09. The molecule has 0 amide bonds.